The molecular formula is C37H37N5O5. The molecule has 4 aromatic carbocycles. The number of amides is 1. The lowest BCUT2D eigenvalue weighted by Gasteiger charge is -2.31. The normalized spacial score (nSPS) is 17.0. The molecule has 10 heteroatoms. The van der Waals surface area contributed by atoms with E-state index in [9.17, 15) is 4.79 Å². The third-order valence-electron chi connectivity index (χ3n) is 7.84. The molecule has 0 spiro atoms. The predicted molar refractivity (Wildman–Crippen MR) is 181 cm³/mol. The standard InChI is InChI=1S/C37H37N5O5/c1-45-33-17-8-6-15-30(33)25-39-36(44)37(22-9-13-27-11-3-2-4-12-27)34(32-16-7-5-14-29(32)26-40-42-38)47-35(41-37)28-18-20-31(21-19-28)46-24-10-23-43/h2-9,11-21,34,43H,10,22-26H2,1H3,(H,39,44)/b13-9+/t34-,37-/m1/s1. The molecule has 0 bridgehead atoms. The number of para-hydroxylation sites is 1. The Kier molecular flexibility index (Phi) is 11.3. The summed E-state index contributed by atoms with van der Waals surface area (Å²) in [5.41, 5.74) is 11.6. The van der Waals surface area contributed by atoms with Gasteiger partial charge >= 0.3 is 0 Å². The van der Waals surface area contributed by atoms with E-state index in [1.807, 2.05) is 103 Å². The van der Waals surface area contributed by atoms with E-state index >= 15 is 0 Å². The van der Waals surface area contributed by atoms with Gasteiger partial charge in [0.15, 0.2) is 11.6 Å². The van der Waals surface area contributed by atoms with Crippen molar-refractivity contribution in [2.24, 2.45) is 10.1 Å². The lowest BCUT2D eigenvalue weighted by atomic mass is 9.82. The number of nitrogens with zero attached hydrogens (tertiary/aromatic N) is 4. The van der Waals surface area contributed by atoms with E-state index in [4.69, 9.17) is 29.8 Å². The number of nitrogens with one attached hydrogen (secondary N) is 1. The topological polar surface area (TPSA) is 138 Å². The first kappa shape index (κ1) is 32.8. The monoisotopic (exact) mass is 631 g/mol. The number of benzene rings is 4. The lowest BCUT2D eigenvalue weighted by Crippen LogP contribution is -2.48. The van der Waals surface area contributed by atoms with Crippen LogP contribution in [0.1, 0.15) is 46.8 Å². The minimum Gasteiger partial charge on any atom is -0.496 e. The zero-order valence-corrected chi connectivity index (χ0v) is 26.2. The fourth-order valence-corrected chi connectivity index (χ4v) is 5.45. The maximum Gasteiger partial charge on any atom is 0.252 e. The van der Waals surface area contributed by atoms with Crippen LogP contribution in [0.4, 0.5) is 0 Å². The lowest BCUT2D eigenvalue weighted by molar-refractivity contribution is -0.129. The van der Waals surface area contributed by atoms with Crippen molar-refractivity contribution in [3.8, 4) is 11.5 Å². The van der Waals surface area contributed by atoms with Crippen LogP contribution in [-0.2, 0) is 22.6 Å². The van der Waals surface area contributed by atoms with Crippen molar-refractivity contribution in [3.05, 3.63) is 147 Å². The first-order valence-electron chi connectivity index (χ1n) is 15.4. The average Bonchev–Trinajstić information content (AvgIpc) is 3.51. The second-order valence-electron chi connectivity index (χ2n) is 10.9. The van der Waals surface area contributed by atoms with Gasteiger partial charge in [0, 0.05) is 42.0 Å². The van der Waals surface area contributed by atoms with E-state index in [1.165, 1.54) is 0 Å². The van der Waals surface area contributed by atoms with E-state index in [2.05, 4.69) is 15.3 Å². The first-order chi connectivity index (χ1) is 23.1. The van der Waals surface area contributed by atoms with Crippen LogP contribution in [0.15, 0.2) is 119 Å². The third-order valence-corrected chi connectivity index (χ3v) is 7.84. The largest absolute Gasteiger partial charge is 0.496 e. The summed E-state index contributed by atoms with van der Waals surface area (Å²) in [5, 5.41) is 16.0. The molecule has 2 atom stereocenters. The number of carbonyl (C=O) groups excluding carboxylic acids is 1. The smallest absolute Gasteiger partial charge is 0.252 e. The highest BCUT2D eigenvalue weighted by Crippen LogP contribution is 2.44. The number of rotatable bonds is 15. The molecule has 0 fully saturated rings. The summed E-state index contributed by atoms with van der Waals surface area (Å²) in [7, 11) is 1.59. The van der Waals surface area contributed by atoms with Gasteiger partial charge < -0.3 is 24.6 Å². The number of hydrogen-bond acceptors (Lipinski definition) is 7. The Labute approximate surface area is 274 Å². The zero-order valence-electron chi connectivity index (χ0n) is 26.2. The first-order valence-corrected chi connectivity index (χ1v) is 15.4. The van der Waals surface area contributed by atoms with Gasteiger partial charge in [0.25, 0.3) is 5.91 Å². The highest BCUT2D eigenvalue weighted by molar-refractivity contribution is 6.01. The van der Waals surface area contributed by atoms with Gasteiger partial charge in [-0.2, -0.15) is 0 Å². The minimum absolute atomic E-state index is 0.0468. The third kappa shape index (κ3) is 7.99. The minimum atomic E-state index is -1.43. The van der Waals surface area contributed by atoms with Crippen molar-refractivity contribution in [2.75, 3.05) is 20.3 Å². The molecule has 47 heavy (non-hydrogen) atoms. The average molecular weight is 632 g/mol. The highest BCUT2D eigenvalue weighted by atomic mass is 16.5. The Morgan fingerprint density at radius 2 is 1.74 bits per heavy atom. The number of ether oxygens (including phenoxy) is 3. The number of aliphatic hydroxyl groups is 1. The van der Waals surface area contributed by atoms with Gasteiger partial charge in [-0.05, 0) is 52.6 Å². The summed E-state index contributed by atoms with van der Waals surface area (Å²) in [6, 6.07) is 32.1. The van der Waals surface area contributed by atoms with Crippen molar-refractivity contribution >= 4 is 17.9 Å². The Morgan fingerprint density at radius 1 is 1.02 bits per heavy atom. The molecule has 0 saturated carbocycles. The molecule has 1 aliphatic rings. The Bertz CT molecular complexity index is 1750. The number of carbonyl (C=O) groups is 1. The van der Waals surface area contributed by atoms with Crippen LogP contribution in [0.5, 0.6) is 11.5 Å². The Hall–Kier alpha value is -5.57. The van der Waals surface area contributed by atoms with Gasteiger partial charge in [-0.3, -0.25) is 4.79 Å². The van der Waals surface area contributed by atoms with Crippen molar-refractivity contribution in [3.63, 3.8) is 0 Å². The molecule has 240 valence electrons. The molecule has 10 nitrogen and oxygen atoms in total. The van der Waals surface area contributed by atoms with Crippen LogP contribution >= 0.6 is 0 Å². The van der Waals surface area contributed by atoms with Crippen LogP contribution in [0.2, 0.25) is 0 Å². The molecule has 0 radical (unpaired) electrons. The molecule has 1 aliphatic heterocycles. The van der Waals surface area contributed by atoms with E-state index in [1.54, 1.807) is 19.2 Å². The Balaban J connectivity index is 1.58. The molecule has 0 aromatic heterocycles. The van der Waals surface area contributed by atoms with Crippen LogP contribution in [0, 0.1) is 0 Å². The molecule has 0 unspecified atom stereocenters. The SMILES string of the molecule is COc1ccccc1CNC(=O)[C@]1(C/C=C/c2ccccc2)N=C(c2ccc(OCCCO)cc2)O[C@@H]1c1ccccc1CN=[N+]=[N-]. The highest BCUT2D eigenvalue weighted by Gasteiger charge is 2.53. The van der Waals surface area contributed by atoms with Crippen LogP contribution < -0.4 is 14.8 Å². The van der Waals surface area contributed by atoms with Crippen molar-refractivity contribution < 1.29 is 24.1 Å². The van der Waals surface area contributed by atoms with Crippen LogP contribution in [-0.4, -0.2) is 42.8 Å². The van der Waals surface area contributed by atoms with E-state index in [-0.39, 0.29) is 32.0 Å². The molecule has 1 heterocycles. The summed E-state index contributed by atoms with van der Waals surface area (Å²) in [5.74, 6) is 1.28. The van der Waals surface area contributed by atoms with E-state index in [0.29, 0.717) is 41.6 Å². The van der Waals surface area contributed by atoms with E-state index < -0.39 is 11.6 Å². The number of methoxy groups -OCH3 is 1. The molecule has 1 amide bonds. The van der Waals surface area contributed by atoms with Crippen molar-refractivity contribution in [1.29, 1.82) is 0 Å². The van der Waals surface area contributed by atoms with E-state index in [0.717, 1.165) is 16.7 Å². The predicted octanol–water partition coefficient (Wildman–Crippen LogP) is 6.94. The summed E-state index contributed by atoms with van der Waals surface area (Å²) in [6.45, 7) is 0.733. The second kappa shape index (κ2) is 16.1. The quantitative estimate of drug-likeness (QED) is 0.0633. The van der Waals surface area contributed by atoms with Crippen LogP contribution in [0.3, 0.4) is 0 Å². The van der Waals surface area contributed by atoms with Crippen molar-refractivity contribution in [1.82, 2.24) is 5.32 Å². The number of aliphatic imine (C=N–C) groups is 1. The number of azide groups is 1. The molecule has 0 aliphatic carbocycles. The summed E-state index contributed by atoms with van der Waals surface area (Å²) >= 11 is 0. The Morgan fingerprint density at radius 3 is 2.49 bits per heavy atom. The number of aliphatic hydroxyl groups excluding tert-OH is 1. The molecule has 0 saturated heterocycles. The molecular weight excluding hydrogens is 594 g/mol. The second-order valence-corrected chi connectivity index (χ2v) is 10.9. The maximum atomic E-state index is 14.6. The van der Waals surface area contributed by atoms with Crippen molar-refractivity contribution in [2.45, 2.75) is 37.6 Å². The summed E-state index contributed by atoms with van der Waals surface area (Å²) < 4.78 is 17.9. The zero-order chi connectivity index (χ0) is 32.9. The van der Waals surface area contributed by atoms with Gasteiger partial charge in [0.05, 0.1) is 20.3 Å². The van der Waals surface area contributed by atoms with Gasteiger partial charge in [-0.15, -0.1) is 0 Å². The maximum absolute atomic E-state index is 14.6. The van der Waals surface area contributed by atoms with Gasteiger partial charge in [0.2, 0.25) is 5.90 Å². The number of hydrogen-bond donors (Lipinski definition) is 2. The summed E-state index contributed by atoms with van der Waals surface area (Å²) in [4.78, 5) is 22.6. The summed E-state index contributed by atoms with van der Waals surface area (Å²) in [6.07, 6.45) is 3.80. The fraction of sp³-hybridized carbons (Fsp3) is 0.243. The molecule has 5 rings (SSSR count). The molecule has 2 N–H and O–H groups in total. The van der Waals surface area contributed by atoms with Gasteiger partial charge in [-0.1, -0.05) is 90.1 Å². The van der Waals surface area contributed by atoms with Gasteiger partial charge in [0.1, 0.15) is 11.5 Å². The molecule has 4 aromatic rings. The van der Waals surface area contributed by atoms with Gasteiger partial charge in [-0.25, -0.2) is 4.99 Å². The fourth-order valence-electron chi connectivity index (χ4n) is 5.45. The van der Waals surface area contributed by atoms with Crippen LogP contribution in [0.25, 0.3) is 16.5 Å².